The second kappa shape index (κ2) is 5.47. The smallest absolute Gasteiger partial charge is 0.128 e. The molecule has 1 aliphatic heterocycles. The van der Waals surface area contributed by atoms with Gasteiger partial charge in [0.1, 0.15) is 5.82 Å². The molecule has 4 nitrogen and oxygen atoms in total. The monoisotopic (exact) mass is 234 g/mol. The fourth-order valence-electron chi connectivity index (χ4n) is 2.08. The van der Waals surface area contributed by atoms with Crippen LogP contribution in [0.4, 0.5) is 5.82 Å². The third kappa shape index (κ3) is 2.96. The molecule has 2 rings (SSSR count). The van der Waals surface area contributed by atoms with Gasteiger partial charge in [-0.05, 0) is 25.1 Å². The first-order valence-corrected chi connectivity index (χ1v) is 6.35. The van der Waals surface area contributed by atoms with Gasteiger partial charge in [0, 0.05) is 38.4 Å². The number of aromatic nitrogens is 1. The van der Waals surface area contributed by atoms with Crippen LogP contribution >= 0.6 is 0 Å². The molecule has 0 saturated carbocycles. The van der Waals surface area contributed by atoms with Gasteiger partial charge in [-0.1, -0.05) is 13.0 Å². The van der Waals surface area contributed by atoms with Gasteiger partial charge in [0.15, 0.2) is 0 Å². The number of hydrogen-bond acceptors (Lipinski definition) is 4. The van der Waals surface area contributed by atoms with Gasteiger partial charge in [0.2, 0.25) is 0 Å². The second-order valence-electron chi connectivity index (χ2n) is 4.75. The van der Waals surface area contributed by atoms with E-state index in [0.717, 1.165) is 44.0 Å². The predicted molar refractivity (Wildman–Crippen MR) is 71.2 cm³/mol. The van der Waals surface area contributed by atoms with Crippen LogP contribution in [0.25, 0.3) is 0 Å². The van der Waals surface area contributed by atoms with Crippen LogP contribution in [0, 0.1) is 0 Å². The molecular formula is C13H22N4. The van der Waals surface area contributed by atoms with Crippen molar-refractivity contribution in [3.8, 4) is 0 Å². The van der Waals surface area contributed by atoms with Gasteiger partial charge in [0.25, 0.3) is 0 Å². The Labute approximate surface area is 103 Å². The summed E-state index contributed by atoms with van der Waals surface area (Å²) in [5, 5.41) is 0. The number of nitrogens with two attached hydrogens (primary N) is 1. The van der Waals surface area contributed by atoms with Crippen molar-refractivity contribution >= 4 is 5.82 Å². The van der Waals surface area contributed by atoms with Gasteiger partial charge >= 0.3 is 0 Å². The molecule has 0 spiro atoms. The van der Waals surface area contributed by atoms with Crippen molar-refractivity contribution in [2.24, 2.45) is 5.73 Å². The Morgan fingerprint density at radius 2 is 2.00 bits per heavy atom. The van der Waals surface area contributed by atoms with E-state index in [1.807, 2.05) is 6.20 Å². The number of anilines is 1. The van der Waals surface area contributed by atoms with E-state index in [2.05, 4.69) is 40.9 Å². The van der Waals surface area contributed by atoms with E-state index in [-0.39, 0.29) is 6.04 Å². The summed E-state index contributed by atoms with van der Waals surface area (Å²) < 4.78 is 0. The molecule has 94 valence electrons. The van der Waals surface area contributed by atoms with Crippen molar-refractivity contribution in [1.82, 2.24) is 9.88 Å². The minimum atomic E-state index is 0.115. The zero-order chi connectivity index (χ0) is 12.3. The third-order valence-electron chi connectivity index (χ3n) is 3.47. The Balaban J connectivity index is 2.02. The van der Waals surface area contributed by atoms with Crippen molar-refractivity contribution in [3.05, 3.63) is 23.9 Å². The minimum absolute atomic E-state index is 0.115. The van der Waals surface area contributed by atoms with Crippen LogP contribution in [0.2, 0.25) is 0 Å². The highest BCUT2D eigenvalue weighted by Gasteiger charge is 2.15. The molecule has 1 aromatic heterocycles. The van der Waals surface area contributed by atoms with Crippen molar-refractivity contribution < 1.29 is 0 Å². The average molecular weight is 234 g/mol. The lowest BCUT2D eigenvalue weighted by molar-refractivity contribution is 0.312. The molecule has 0 aromatic carbocycles. The topological polar surface area (TPSA) is 45.4 Å². The lowest BCUT2D eigenvalue weighted by atomic mass is 10.1. The van der Waals surface area contributed by atoms with E-state index in [0.29, 0.717) is 0 Å². The summed E-state index contributed by atoms with van der Waals surface area (Å²) in [5.74, 6) is 1.07. The number of pyridine rings is 1. The largest absolute Gasteiger partial charge is 0.354 e. The molecule has 1 aromatic rings. The van der Waals surface area contributed by atoms with Crippen LogP contribution < -0.4 is 10.6 Å². The van der Waals surface area contributed by atoms with Gasteiger partial charge < -0.3 is 15.5 Å². The Bertz CT molecular complexity index is 341. The van der Waals surface area contributed by atoms with E-state index in [4.69, 9.17) is 5.73 Å². The molecule has 2 N–H and O–H groups in total. The van der Waals surface area contributed by atoms with Crippen LogP contribution in [-0.4, -0.2) is 43.1 Å². The van der Waals surface area contributed by atoms with E-state index in [1.165, 1.54) is 0 Å². The first-order chi connectivity index (χ1) is 8.20. The van der Waals surface area contributed by atoms with Crippen LogP contribution in [0.1, 0.15) is 24.9 Å². The van der Waals surface area contributed by atoms with Crippen LogP contribution in [0.5, 0.6) is 0 Å². The highest BCUT2D eigenvalue weighted by Crippen LogP contribution is 2.17. The maximum atomic E-state index is 5.98. The van der Waals surface area contributed by atoms with Gasteiger partial charge in [0.05, 0.1) is 0 Å². The summed E-state index contributed by atoms with van der Waals surface area (Å²) in [6.07, 6.45) is 2.87. The Morgan fingerprint density at radius 3 is 2.53 bits per heavy atom. The fourth-order valence-corrected chi connectivity index (χ4v) is 2.08. The molecule has 0 aliphatic carbocycles. The SMILES string of the molecule is CC[C@@H](N)c1ccc(N2CCN(C)CC2)nc1. The number of nitrogens with zero attached hydrogens (tertiary/aromatic N) is 3. The number of rotatable bonds is 3. The van der Waals surface area contributed by atoms with Crippen molar-refractivity contribution in [2.75, 3.05) is 38.1 Å². The Morgan fingerprint density at radius 1 is 1.29 bits per heavy atom. The number of piperazine rings is 1. The summed E-state index contributed by atoms with van der Waals surface area (Å²) >= 11 is 0. The highest BCUT2D eigenvalue weighted by molar-refractivity contribution is 5.40. The van der Waals surface area contributed by atoms with Crippen LogP contribution in [-0.2, 0) is 0 Å². The fraction of sp³-hybridized carbons (Fsp3) is 0.615. The first-order valence-electron chi connectivity index (χ1n) is 6.35. The second-order valence-corrected chi connectivity index (χ2v) is 4.75. The minimum Gasteiger partial charge on any atom is -0.354 e. The van der Waals surface area contributed by atoms with E-state index >= 15 is 0 Å². The molecule has 1 atom stereocenters. The van der Waals surface area contributed by atoms with Gasteiger partial charge in [-0.25, -0.2) is 4.98 Å². The van der Waals surface area contributed by atoms with Crippen LogP contribution in [0.3, 0.4) is 0 Å². The lowest BCUT2D eigenvalue weighted by Gasteiger charge is -2.33. The normalized spacial score (nSPS) is 19.4. The Kier molecular flexibility index (Phi) is 3.97. The summed E-state index contributed by atoms with van der Waals surface area (Å²) in [6.45, 7) is 6.43. The standard InChI is InChI=1S/C13H22N4/c1-3-12(14)11-4-5-13(15-10-11)17-8-6-16(2)7-9-17/h4-5,10,12H,3,6-9,14H2,1-2H3/t12-/m1/s1. The number of hydrogen-bond donors (Lipinski definition) is 1. The molecule has 0 amide bonds. The molecule has 2 heterocycles. The zero-order valence-corrected chi connectivity index (χ0v) is 10.8. The van der Waals surface area contributed by atoms with Gasteiger partial charge in [-0.3, -0.25) is 0 Å². The molecular weight excluding hydrogens is 212 g/mol. The third-order valence-corrected chi connectivity index (χ3v) is 3.47. The predicted octanol–water partition coefficient (Wildman–Crippen LogP) is 1.24. The lowest BCUT2D eigenvalue weighted by Crippen LogP contribution is -2.44. The van der Waals surface area contributed by atoms with Crippen molar-refractivity contribution in [3.63, 3.8) is 0 Å². The molecule has 4 heteroatoms. The number of likely N-dealkylation sites (N-methyl/N-ethyl adjacent to an activating group) is 1. The molecule has 1 saturated heterocycles. The van der Waals surface area contributed by atoms with E-state index in [1.54, 1.807) is 0 Å². The summed E-state index contributed by atoms with van der Waals surface area (Å²) in [6, 6.07) is 4.31. The molecule has 0 radical (unpaired) electrons. The Hall–Kier alpha value is -1.13. The van der Waals surface area contributed by atoms with Gasteiger partial charge in [-0.2, -0.15) is 0 Å². The molecule has 1 fully saturated rings. The van der Waals surface area contributed by atoms with Crippen molar-refractivity contribution in [1.29, 1.82) is 0 Å². The van der Waals surface area contributed by atoms with Crippen LogP contribution in [0.15, 0.2) is 18.3 Å². The van der Waals surface area contributed by atoms with Crippen molar-refractivity contribution in [2.45, 2.75) is 19.4 Å². The first kappa shape index (κ1) is 12.3. The highest BCUT2D eigenvalue weighted by atomic mass is 15.3. The zero-order valence-electron chi connectivity index (χ0n) is 10.8. The summed E-state index contributed by atoms with van der Waals surface area (Å²) in [4.78, 5) is 9.20. The maximum Gasteiger partial charge on any atom is 0.128 e. The van der Waals surface area contributed by atoms with E-state index in [9.17, 15) is 0 Å². The maximum absolute atomic E-state index is 5.98. The summed E-state index contributed by atoms with van der Waals surface area (Å²) in [7, 11) is 2.16. The summed E-state index contributed by atoms with van der Waals surface area (Å²) in [5.41, 5.74) is 7.11. The quantitative estimate of drug-likeness (QED) is 0.855. The molecule has 17 heavy (non-hydrogen) atoms. The average Bonchev–Trinajstić information content (AvgIpc) is 2.39. The van der Waals surface area contributed by atoms with E-state index < -0.39 is 0 Å². The molecule has 0 bridgehead atoms. The molecule has 0 unspecified atom stereocenters. The van der Waals surface area contributed by atoms with Gasteiger partial charge in [-0.15, -0.1) is 0 Å². The molecule has 1 aliphatic rings.